The molecule has 1 aromatic carbocycles. The lowest BCUT2D eigenvalue weighted by molar-refractivity contribution is -0.122. The molecule has 1 amide bonds. The zero-order chi connectivity index (χ0) is 15.1. The molecule has 2 aliphatic carbocycles. The lowest BCUT2D eigenvalue weighted by Crippen LogP contribution is -2.32. The zero-order valence-corrected chi connectivity index (χ0v) is 14.4. The molecular formula is C18H23BrN2O. The van der Waals surface area contributed by atoms with E-state index in [0.717, 1.165) is 23.5 Å². The summed E-state index contributed by atoms with van der Waals surface area (Å²) in [7, 11) is 0. The number of rotatable bonds is 5. The van der Waals surface area contributed by atoms with Crippen LogP contribution in [-0.2, 0) is 4.79 Å². The minimum Gasteiger partial charge on any atom is -0.356 e. The van der Waals surface area contributed by atoms with Gasteiger partial charge in [0, 0.05) is 29.5 Å². The summed E-state index contributed by atoms with van der Waals surface area (Å²) in [5.41, 5.74) is 1.29. The van der Waals surface area contributed by atoms with Crippen LogP contribution >= 0.6 is 15.9 Å². The Kier molecular flexibility index (Phi) is 3.99. The highest BCUT2D eigenvalue weighted by Gasteiger charge is 2.44. The first kappa shape index (κ1) is 14.7. The standard InChI is InChI=1S/C18H23BrN2O/c19-14-3-1-2-13(8-14)16-9-17(16)18(22)20-10-12-6-7-21(11-12)15-4-5-15/h1-3,8,12,15-17H,4-7,9-11H2,(H,20,22)/t12-,16+,17-/m0/s1. The molecule has 1 N–H and O–H groups in total. The molecule has 0 aromatic heterocycles. The van der Waals surface area contributed by atoms with Gasteiger partial charge in [-0.3, -0.25) is 4.79 Å². The van der Waals surface area contributed by atoms with Gasteiger partial charge in [0.25, 0.3) is 0 Å². The third-order valence-electron chi connectivity index (χ3n) is 5.35. The molecule has 1 saturated heterocycles. The van der Waals surface area contributed by atoms with Gasteiger partial charge >= 0.3 is 0 Å². The Bertz CT molecular complexity index is 572. The molecule has 118 valence electrons. The van der Waals surface area contributed by atoms with Crippen LogP contribution in [0.2, 0.25) is 0 Å². The summed E-state index contributed by atoms with van der Waals surface area (Å²) in [6.07, 6.45) is 5.02. The van der Waals surface area contributed by atoms with Gasteiger partial charge < -0.3 is 10.2 Å². The maximum atomic E-state index is 12.3. The number of nitrogens with one attached hydrogen (secondary N) is 1. The van der Waals surface area contributed by atoms with Crippen LogP contribution in [0.4, 0.5) is 0 Å². The molecule has 1 aromatic rings. The van der Waals surface area contributed by atoms with Crippen molar-refractivity contribution >= 4 is 21.8 Å². The first-order chi connectivity index (χ1) is 10.7. The van der Waals surface area contributed by atoms with E-state index in [0.29, 0.717) is 11.8 Å². The summed E-state index contributed by atoms with van der Waals surface area (Å²) in [5.74, 6) is 1.53. The molecular weight excluding hydrogens is 340 g/mol. The molecule has 3 aliphatic rings. The van der Waals surface area contributed by atoms with Crippen LogP contribution in [0, 0.1) is 11.8 Å². The van der Waals surface area contributed by atoms with Crippen LogP contribution in [0.3, 0.4) is 0 Å². The van der Waals surface area contributed by atoms with Gasteiger partial charge in [-0.05, 0) is 61.8 Å². The third-order valence-corrected chi connectivity index (χ3v) is 5.84. The number of hydrogen-bond donors (Lipinski definition) is 1. The maximum absolute atomic E-state index is 12.3. The Labute approximate surface area is 140 Å². The second kappa shape index (κ2) is 5.97. The summed E-state index contributed by atoms with van der Waals surface area (Å²) >= 11 is 3.51. The van der Waals surface area contributed by atoms with Gasteiger partial charge in [0.05, 0.1) is 0 Å². The molecule has 0 spiro atoms. The fourth-order valence-electron chi connectivity index (χ4n) is 3.77. The second-order valence-electron chi connectivity index (χ2n) is 7.13. The number of benzene rings is 1. The Morgan fingerprint density at radius 1 is 1.32 bits per heavy atom. The first-order valence-corrected chi connectivity index (χ1v) is 9.27. The number of hydrogen-bond acceptors (Lipinski definition) is 2. The van der Waals surface area contributed by atoms with E-state index in [4.69, 9.17) is 0 Å². The van der Waals surface area contributed by atoms with Crippen molar-refractivity contribution in [2.45, 2.75) is 37.6 Å². The van der Waals surface area contributed by atoms with E-state index in [1.807, 2.05) is 6.07 Å². The van der Waals surface area contributed by atoms with Crippen molar-refractivity contribution in [3.63, 3.8) is 0 Å². The van der Waals surface area contributed by atoms with Gasteiger partial charge in [-0.1, -0.05) is 28.1 Å². The second-order valence-corrected chi connectivity index (χ2v) is 8.05. The minimum atomic E-state index is 0.190. The monoisotopic (exact) mass is 362 g/mol. The lowest BCUT2D eigenvalue weighted by Gasteiger charge is -2.15. The van der Waals surface area contributed by atoms with E-state index in [2.05, 4.69) is 44.3 Å². The van der Waals surface area contributed by atoms with Crippen LogP contribution in [0.5, 0.6) is 0 Å². The Hall–Kier alpha value is -0.870. The quantitative estimate of drug-likeness (QED) is 0.872. The van der Waals surface area contributed by atoms with Gasteiger partial charge in [0.15, 0.2) is 0 Å². The summed E-state index contributed by atoms with van der Waals surface area (Å²) in [4.78, 5) is 14.9. The molecule has 3 nitrogen and oxygen atoms in total. The number of amides is 1. The average Bonchev–Trinajstić information content (AvgIpc) is 3.43. The smallest absolute Gasteiger partial charge is 0.223 e. The number of carbonyl (C=O) groups is 1. The van der Waals surface area contributed by atoms with Gasteiger partial charge in [0.2, 0.25) is 5.91 Å². The Morgan fingerprint density at radius 3 is 2.95 bits per heavy atom. The largest absolute Gasteiger partial charge is 0.356 e. The van der Waals surface area contributed by atoms with Gasteiger partial charge in [-0.15, -0.1) is 0 Å². The summed E-state index contributed by atoms with van der Waals surface area (Å²) in [5, 5.41) is 3.20. The van der Waals surface area contributed by atoms with Crippen LogP contribution in [-0.4, -0.2) is 36.5 Å². The van der Waals surface area contributed by atoms with E-state index in [9.17, 15) is 4.79 Å². The van der Waals surface area contributed by atoms with Gasteiger partial charge in [-0.2, -0.15) is 0 Å². The highest BCUT2D eigenvalue weighted by molar-refractivity contribution is 9.10. The van der Waals surface area contributed by atoms with Crippen molar-refractivity contribution in [3.8, 4) is 0 Å². The summed E-state index contributed by atoms with van der Waals surface area (Å²) in [6, 6.07) is 9.23. The molecule has 2 saturated carbocycles. The van der Waals surface area contributed by atoms with Gasteiger partial charge in [0.1, 0.15) is 0 Å². The highest BCUT2D eigenvalue weighted by Crippen LogP contribution is 2.48. The molecule has 0 unspecified atom stereocenters. The summed E-state index contributed by atoms with van der Waals surface area (Å²) < 4.78 is 1.10. The van der Waals surface area contributed by atoms with E-state index >= 15 is 0 Å². The molecule has 0 radical (unpaired) electrons. The van der Waals surface area contributed by atoms with Crippen LogP contribution < -0.4 is 5.32 Å². The predicted molar refractivity (Wildman–Crippen MR) is 90.7 cm³/mol. The van der Waals surface area contributed by atoms with Crippen molar-refractivity contribution in [3.05, 3.63) is 34.3 Å². The average molecular weight is 363 g/mol. The van der Waals surface area contributed by atoms with E-state index in [1.54, 1.807) is 0 Å². The number of likely N-dealkylation sites (tertiary alicyclic amines) is 1. The fraction of sp³-hybridized carbons (Fsp3) is 0.611. The van der Waals surface area contributed by atoms with Crippen LogP contribution in [0.15, 0.2) is 28.7 Å². The molecule has 3 atom stereocenters. The number of halogens is 1. The number of carbonyl (C=O) groups excluding carboxylic acids is 1. The van der Waals surface area contributed by atoms with Crippen molar-refractivity contribution in [2.24, 2.45) is 11.8 Å². The van der Waals surface area contributed by atoms with E-state index < -0.39 is 0 Å². The summed E-state index contributed by atoms with van der Waals surface area (Å²) in [6.45, 7) is 3.28. The van der Waals surface area contributed by atoms with Gasteiger partial charge in [-0.25, -0.2) is 0 Å². The van der Waals surface area contributed by atoms with Crippen molar-refractivity contribution in [1.82, 2.24) is 10.2 Å². The van der Waals surface area contributed by atoms with E-state index in [1.165, 1.54) is 37.9 Å². The minimum absolute atomic E-state index is 0.190. The molecule has 0 bridgehead atoms. The maximum Gasteiger partial charge on any atom is 0.223 e. The molecule has 1 aliphatic heterocycles. The molecule has 4 heteroatoms. The Balaban J connectivity index is 1.24. The van der Waals surface area contributed by atoms with Crippen LogP contribution in [0.25, 0.3) is 0 Å². The fourth-order valence-corrected chi connectivity index (χ4v) is 4.18. The molecule has 22 heavy (non-hydrogen) atoms. The number of nitrogens with zero attached hydrogens (tertiary/aromatic N) is 1. The highest BCUT2D eigenvalue weighted by atomic mass is 79.9. The molecule has 3 fully saturated rings. The third kappa shape index (κ3) is 3.23. The van der Waals surface area contributed by atoms with Crippen molar-refractivity contribution in [2.75, 3.05) is 19.6 Å². The zero-order valence-electron chi connectivity index (χ0n) is 12.8. The Morgan fingerprint density at radius 2 is 2.18 bits per heavy atom. The van der Waals surface area contributed by atoms with Crippen molar-refractivity contribution in [1.29, 1.82) is 0 Å². The molecule has 1 heterocycles. The van der Waals surface area contributed by atoms with E-state index in [-0.39, 0.29) is 11.8 Å². The first-order valence-electron chi connectivity index (χ1n) is 8.48. The normalized spacial score (nSPS) is 31.2. The predicted octanol–water partition coefficient (Wildman–Crippen LogP) is 3.15. The molecule has 4 rings (SSSR count). The SMILES string of the molecule is O=C(NC[C@@H]1CCN(C2CC2)C1)[C@H]1C[C@@H]1c1cccc(Br)c1. The van der Waals surface area contributed by atoms with Crippen LogP contribution in [0.1, 0.15) is 37.2 Å². The lowest BCUT2D eigenvalue weighted by atomic mass is 10.1. The topological polar surface area (TPSA) is 32.3 Å². The van der Waals surface area contributed by atoms with Crippen molar-refractivity contribution < 1.29 is 4.79 Å².